The lowest BCUT2D eigenvalue weighted by Gasteiger charge is -2.28. The molecule has 4 rings (SSSR count). The Morgan fingerprint density at radius 2 is 2.06 bits per heavy atom. The average Bonchev–Trinajstić information content (AvgIpc) is 3.39. The first kappa shape index (κ1) is 25.8. The minimum atomic E-state index is -0.520. The molecule has 1 fully saturated rings. The quantitative estimate of drug-likeness (QED) is 0.320. The van der Waals surface area contributed by atoms with E-state index in [0.717, 1.165) is 29.7 Å². The van der Waals surface area contributed by atoms with Gasteiger partial charge in [0, 0.05) is 49.9 Å². The third-order valence-corrected chi connectivity index (χ3v) is 6.92. The van der Waals surface area contributed by atoms with Crippen LogP contribution in [0.5, 0.6) is 5.88 Å². The number of nitrogens with zero attached hydrogens (tertiary/aromatic N) is 4. The number of nitrogens with one attached hydrogen (secondary N) is 1. The van der Waals surface area contributed by atoms with Crippen LogP contribution >= 0.6 is 15.9 Å². The monoisotopic (exact) mass is 558 g/mol. The molecular formula is C25H31BrN6O4. The van der Waals surface area contributed by atoms with Gasteiger partial charge in [-0.1, -0.05) is 15.9 Å². The number of nitrogen functional groups attached to an aromatic ring is 1. The summed E-state index contributed by atoms with van der Waals surface area (Å²) in [6.45, 7) is 5.06. The van der Waals surface area contributed by atoms with Gasteiger partial charge in [-0.3, -0.25) is 9.69 Å². The van der Waals surface area contributed by atoms with Gasteiger partial charge >= 0.3 is 5.97 Å². The first-order chi connectivity index (χ1) is 17.1. The molecule has 36 heavy (non-hydrogen) atoms. The van der Waals surface area contributed by atoms with E-state index in [-0.39, 0.29) is 16.7 Å². The number of esters is 1. The van der Waals surface area contributed by atoms with Crippen LogP contribution in [0.2, 0.25) is 0 Å². The Morgan fingerprint density at radius 1 is 1.28 bits per heavy atom. The Hall–Kier alpha value is -3.31. The van der Waals surface area contributed by atoms with E-state index in [4.69, 9.17) is 15.2 Å². The predicted octanol–water partition coefficient (Wildman–Crippen LogP) is 2.87. The number of hydrogen-bond acceptors (Lipinski definition) is 8. The maximum atomic E-state index is 12.8. The van der Waals surface area contributed by atoms with Crippen LogP contribution in [0.15, 0.2) is 45.9 Å². The van der Waals surface area contributed by atoms with E-state index in [1.54, 1.807) is 25.0 Å². The second-order valence-corrected chi connectivity index (χ2v) is 10.2. The maximum Gasteiger partial charge on any atom is 0.339 e. The van der Waals surface area contributed by atoms with Gasteiger partial charge in [-0.05, 0) is 37.6 Å². The van der Waals surface area contributed by atoms with Crippen molar-refractivity contribution < 1.29 is 14.3 Å². The Morgan fingerprint density at radius 3 is 2.81 bits per heavy atom. The van der Waals surface area contributed by atoms with E-state index < -0.39 is 5.97 Å². The number of pyridine rings is 1. The number of hydrogen-bond donors (Lipinski definition) is 2. The van der Waals surface area contributed by atoms with Crippen molar-refractivity contribution in [1.29, 1.82) is 0 Å². The van der Waals surface area contributed by atoms with Crippen LogP contribution in [-0.2, 0) is 18.8 Å². The topological polar surface area (TPSA) is 117 Å². The zero-order valence-electron chi connectivity index (χ0n) is 20.9. The molecule has 0 aliphatic carbocycles. The Bertz CT molecular complexity index is 1340. The zero-order chi connectivity index (χ0) is 26.0. The first-order valence-electron chi connectivity index (χ1n) is 11.6. The van der Waals surface area contributed by atoms with E-state index in [1.807, 2.05) is 18.2 Å². The molecule has 1 aromatic carbocycles. The van der Waals surface area contributed by atoms with E-state index in [9.17, 15) is 9.59 Å². The summed E-state index contributed by atoms with van der Waals surface area (Å²) >= 11 is 3.51. The van der Waals surface area contributed by atoms with Gasteiger partial charge in [0.15, 0.2) is 0 Å². The number of benzene rings is 1. The SMILES string of the molecule is COC(=O)c1cc(-c2cnn(C)c2OCCN2CCC(C)(Nc3cc(Br)ccc3N)C2)c(=O)n(C)c1. The molecule has 1 unspecified atom stereocenters. The smallest absolute Gasteiger partial charge is 0.339 e. The molecule has 0 bridgehead atoms. The van der Waals surface area contributed by atoms with E-state index >= 15 is 0 Å². The maximum absolute atomic E-state index is 12.8. The molecule has 0 spiro atoms. The fourth-order valence-corrected chi connectivity index (χ4v) is 4.86. The number of carbonyl (C=O) groups excluding carboxylic acids is 1. The molecule has 1 aliphatic heterocycles. The number of carbonyl (C=O) groups is 1. The minimum absolute atomic E-state index is 0.118. The second-order valence-electron chi connectivity index (χ2n) is 9.33. The molecule has 2 aromatic heterocycles. The highest BCUT2D eigenvalue weighted by molar-refractivity contribution is 9.10. The molecule has 1 saturated heterocycles. The third-order valence-electron chi connectivity index (χ3n) is 6.43. The molecule has 1 atom stereocenters. The number of anilines is 2. The lowest BCUT2D eigenvalue weighted by Crippen LogP contribution is -2.39. The summed E-state index contributed by atoms with van der Waals surface area (Å²) in [5, 5.41) is 7.89. The van der Waals surface area contributed by atoms with E-state index in [2.05, 4.69) is 38.2 Å². The number of halogens is 1. The molecule has 1 aliphatic rings. The lowest BCUT2D eigenvalue weighted by atomic mass is 10.0. The molecule has 11 heteroatoms. The average molecular weight is 559 g/mol. The van der Waals surface area contributed by atoms with Gasteiger partial charge in [0.25, 0.3) is 5.56 Å². The van der Waals surface area contributed by atoms with Crippen molar-refractivity contribution in [3.8, 4) is 17.0 Å². The van der Waals surface area contributed by atoms with Crippen molar-refractivity contribution in [3.05, 3.63) is 57.0 Å². The summed E-state index contributed by atoms with van der Waals surface area (Å²) < 4.78 is 14.9. The van der Waals surface area contributed by atoms with Gasteiger partial charge in [-0.15, -0.1) is 0 Å². The lowest BCUT2D eigenvalue weighted by molar-refractivity contribution is 0.0599. The summed E-state index contributed by atoms with van der Waals surface area (Å²) in [6.07, 6.45) is 3.99. The number of methoxy groups -OCH3 is 1. The molecule has 0 amide bonds. The molecule has 192 valence electrons. The fourth-order valence-electron chi connectivity index (χ4n) is 4.50. The van der Waals surface area contributed by atoms with Crippen molar-refractivity contribution in [2.24, 2.45) is 14.1 Å². The van der Waals surface area contributed by atoms with Crippen LogP contribution in [0.4, 0.5) is 11.4 Å². The summed E-state index contributed by atoms with van der Waals surface area (Å²) in [5.74, 6) is -0.0513. The molecule has 3 N–H and O–H groups in total. The van der Waals surface area contributed by atoms with Crippen molar-refractivity contribution in [2.75, 3.05) is 44.4 Å². The number of aryl methyl sites for hydroxylation is 2. The summed E-state index contributed by atoms with van der Waals surface area (Å²) in [4.78, 5) is 27.2. The normalized spacial score (nSPS) is 17.8. The van der Waals surface area contributed by atoms with Crippen molar-refractivity contribution in [1.82, 2.24) is 19.2 Å². The number of rotatable bonds is 8. The number of ether oxygens (including phenoxy) is 2. The van der Waals surface area contributed by atoms with Crippen LogP contribution in [0, 0.1) is 0 Å². The minimum Gasteiger partial charge on any atom is -0.476 e. The number of likely N-dealkylation sites (tertiary alicyclic amines) is 1. The van der Waals surface area contributed by atoms with Crippen LogP contribution in [0.3, 0.4) is 0 Å². The highest BCUT2D eigenvalue weighted by Crippen LogP contribution is 2.31. The molecule has 3 aromatic rings. The van der Waals surface area contributed by atoms with Gasteiger partial charge in [0.05, 0.1) is 41.4 Å². The summed E-state index contributed by atoms with van der Waals surface area (Å²) in [7, 11) is 4.65. The summed E-state index contributed by atoms with van der Waals surface area (Å²) in [5.41, 5.74) is 8.54. The van der Waals surface area contributed by atoms with Gasteiger partial charge in [-0.2, -0.15) is 5.10 Å². The van der Waals surface area contributed by atoms with Crippen LogP contribution < -0.4 is 21.3 Å². The Labute approximate surface area is 218 Å². The van der Waals surface area contributed by atoms with Gasteiger partial charge in [0.2, 0.25) is 5.88 Å². The number of nitrogens with two attached hydrogens (primary N) is 1. The van der Waals surface area contributed by atoms with E-state index in [1.165, 1.54) is 23.9 Å². The molecule has 3 heterocycles. The fraction of sp³-hybridized carbons (Fsp3) is 0.400. The van der Waals surface area contributed by atoms with Gasteiger partial charge in [-0.25, -0.2) is 9.48 Å². The molecule has 10 nitrogen and oxygen atoms in total. The Kier molecular flexibility index (Phi) is 7.41. The molecule has 0 radical (unpaired) electrons. The van der Waals surface area contributed by atoms with Crippen LogP contribution in [-0.4, -0.2) is 64.1 Å². The largest absolute Gasteiger partial charge is 0.476 e. The van der Waals surface area contributed by atoms with Gasteiger partial charge in [0.1, 0.15) is 6.61 Å². The molecular weight excluding hydrogens is 528 g/mol. The standard InChI is InChI=1S/C25H31BrN6O4/c1-25(29-21-12-17(26)5-6-20(21)27)7-8-32(15-25)9-10-36-23-19(13-28-31(23)3)18-11-16(24(34)35-4)14-30(2)22(18)33/h5-6,11-14,29H,7-10,15,27H2,1-4H3. The third kappa shape index (κ3) is 5.41. The van der Waals surface area contributed by atoms with E-state index in [0.29, 0.717) is 35.8 Å². The first-order valence-corrected chi connectivity index (χ1v) is 12.4. The van der Waals surface area contributed by atoms with Gasteiger partial charge < -0.3 is 25.1 Å². The van der Waals surface area contributed by atoms with Crippen molar-refractivity contribution in [3.63, 3.8) is 0 Å². The zero-order valence-corrected chi connectivity index (χ0v) is 22.5. The second kappa shape index (κ2) is 10.4. The number of aromatic nitrogens is 3. The van der Waals surface area contributed by atoms with Crippen molar-refractivity contribution >= 4 is 33.3 Å². The van der Waals surface area contributed by atoms with Crippen LogP contribution in [0.25, 0.3) is 11.1 Å². The van der Waals surface area contributed by atoms with Crippen molar-refractivity contribution in [2.45, 2.75) is 18.9 Å². The summed E-state index contributed by atoms with van der Waals surface area (Å²) in [6, 6.07) is 7.32. The predicted molar refractivity (Wildman–Crippen MR) is 142 cm³/mol. The highest BCUT2D eigenvalue weighted by atomic mass is 79.9. The van der Waals surface area contributed by atoms with Crippen LogP contribution in [0.1, 0.15) is 23.7 Å². The highest BCUT2D eigenvalue weighted by Gasteiger charge is 2.34. The molecule has 0 saturated carbocycles. The Balaban J connectivity index is 1.43.